The zero-order valence-electron chi connectivity index (χ0n) is 15.9. The maximum absolute atomic E-state index is 12.8. The lowest BCUT2D eigenvalue weighted by Crippen LogP contribution is -2.42. The Bertz CT molecular complexity index is 781. The maximum Gasteiger partial charge on any atom is 0.266 e. The van der Waals surface area contributed by atoms with Crippen LogP contribution in [0.1, 0.15) is 12.5 Å². The minimum atomic E-state index is -0.0489. The minimum absolute atomic E-state index is 0.0489. The zero-order valence-corrected chi connectivity index (χ0v) is 19.1. The molecular formula is C19H23BrN2O4S2. The Morgan fingerprint density at radius 2 is 2.07 bits per heavy atom. The molecule has 6 nitrogen and oxygen atoms in total. The molecule has 0 atom stereocenters. The smallest absolute Gasteiger partial charge is 0.266 e. The highest BCUT2D eigenvalue weighted by molar-refractivity contribution is 9.10. The van der Waals surface area contributed by atoms with Crippen molar-refractivity contribution in [3.63, 3.8) is 0 Å². The first-order valence-electron chi connectivity index (χ1n) is 9.09. The molecule has 0 N–H and O–H groups in total. The van der Waals surface area contributed by atoms with Crippen molar-refractivity contribution >= 4 is 56.2 Å². The van der Waals surface area contributed by atoms with E-state index in [-0.39, 0.29) is 5.91 Å². The monoisotopic (exact) mass is 486 g/mol. The molecule has 0 saturated carbocycles. The maximum atomic E-state index is 12.8. The van der Waals surface area contributed by atoms with Crippen molar-refractivity contribution in [1.82, 2.24) is 9.80 Å². The summed E-state index contributed by atoms with van der Waals surface area (Å²) < 4.78 is 17.8. The van der Waals surface area contributed by atoms with Gasteiger partial charge in [0.05, 0.1) is 36.3 Å². The standard InChI is InChI=1S/C19H23BrN2O4S2/c1-3-26-17-14(20)10-13(11-15(17)24-2)12-16-18(23)22(19(27)28-16)5-4-21-6-8-25-9-7-21/h10-12H,3-9H2,1-2H3/b16-12+. The van der Waals surface area contributed by atoms with Crippen LogP contribution in [0, 0.1) is 0 Å². The number of hydrogen-bond acceptors (Lipinski definition) is 7. The van der Waals surface area contributed by atoms with Gasteiger partial charge in [-0.05, 0) is 46.6 Å². The molecule has 0 radical (unpaired) electrons. The molecule has 2 heterocycles. The molecule has 0 aromatic heterocycles. The van der Waals surface area contributed by atoms with Crippen molar-refractivity contribution in [3.8, 4) is 11.5 Å². The predicted molar refractivity (Wildman–Crippen MR) is 119 cm³/mol. The zero-order chi connectivity index (χ0) is 20.1. The number of ether oxygens (including phenoxy) is 3. The second-order valence-corrected chi connectivity index (χ2v) is 8.78. The van der Waals surface area contributed by atoms with E-state index in [9.17, 15) is 4.79 Å². The minimum Gasteiger partial charge on any atom is -0.493 e. The number of benzene rings is 1. The van der Waals surface area contributed by atoms with Crippen LogP contribution in [0.4, 0.5) is 0 Å². The van der Waals surface area contributed by atoms with Crippen molar-refractivity contribution in [3.05, 3.63) is 27.1 Å². The molecule has 2 aliphatic heterocycles. The Kier molecular flexibility index (Phi) is 7.76. The van der Waals surface area contributed by atoms with E-state index in [0.29, 0.717) is 33.9 Å². The highest BCUT2D eigenvalue weighted by Gasteiger charge is 2.32. The summed E-state index contributed by atoms with van der Waals surface area (Å²) in [6.45, 7) is 7.12. The Balaban J connectivity index is 1.73. The summed E-state index contributed by atoms with van der Waals surface area (Å²) in [5, 5.41) is 0. The summed E-state index contributed by atoms with van der Waals surface area (Å²) >= 11 is 10.3. The number of rotatable bonds is 7. The lowest BCUT2D eigenvalue weighted by Gasteiger charge is -2.28. The fraction of sp³-hybridized carbons (Fsp3) is 0.474. The van der Waals surface area contributed by atoms with Gasteiger partial charge in [0.15, 0.2) is 11.5 Å². The van der Waals surface area contributed by atoms with E-state index in [1.165, 1.54) is 11.8 Å². The average molecular weight is 487 g/mol. The van der Waals surface area contributed by atoms with Crippen LogP contribution in [-0.4, -0.2) is 73.1 Å². The van der Waals surface area contributed by atoms with Crippen molar-refractivity contribution in [2.45, 2.75) is 6.92 Å². The third-order valence-electron chi connectivity index (χ3n) is 4.46. The van der Waals surface area contributed by atoms with Gasteiger partial charge in [-0.25, -0.2) is 0 Å². The van der Waals surface area contributed by atoms with E-state index in [1.54, 1.807) is 12.0 Å². The van der Waals surface area contributed by atoms with Crippen LogP contribution in [0.25, 0.3) is 6.08 Å². The van der Waals surface area contributed by atoms with Crippen LogP contribution in [0.3, 0.4) is 0 Å². The third-order valence-corrected chi connectivity index (χ3v) is 6.42. The molecule has 2 fully saturated rings. The molecule has 2 saturated heterocycles. The van der Waals surface area contributed by atoms with Gasteiger partial charge >= 0.3 is 0 Å². The molecule has 1 aromatic carbocycles. The van der Waals surface area contributed by atoms with Crippen molar-refractivity contribution < 1.29 is 19.0 Å². The van der Waals surface area contributed by atoms with Crippen LogP contribution in [0.2, 0.25) is 0 Å². The molecule has 1 aromatic rings. The van der Waals surface area contributed by atoms with Gasteiger partial charge in [0.2, 0.25) is 0 Å². The summed E-state index contributed by atoms with van der Waals surface area (Å²) in [6, 6.07) is 3.77. The van der Waals surface area contributed by atoms with Crippen molar-refractivity contribution in [1.29, 1.82) is 0 Å². The Labute approximate surface area is 183 Å². The number of amides is 1. The van der Waals surface area contributed by atoms with Crippen LogP contribution in [-0.2, 0) is 9.53 Å². The number of nitrogens with zero attached hydrogens (tertiary/aromatic N) is 2. The molecule has 28 heavy (non-hydrogen) atoms. The van der Waals surface area contributed by atoms with Gasteiger partial charge in [-0.3, -0.25) is 14.6 Å². The number of carbonyl (C=O) groups is 1. The first-order valence-corrected chi connectivity index (χ1v) is 11.1. The van der Waals surface area contributed by atoms with Gasteiger partial charge in [-0.2, -0.15) is 0 Å². The average Bonchev–Trinajstić information content (AvgIpc) is 2.95. The largest absolute Gasteiger partial charge is 0.493 e. The highest BCUT2D eigenvalue weighted by atomic mass is 79.9. The van der Waals surface area contributed by atoms with Crippen molar-refractivity contribution in [2.75, 3.05) is 53.1 Å². The van der Waals surface area contributed by atoms with Crippen LogP contribution < -0.4 is 9.47 Å². The van der Waals surface area contributed by atoms with Crippen molar-refractivity contribution in [2.24, 2.45) is 0 Å². The van der Waals surface area contributed by atoms with Gasteiger partial charge in [0.25, 0.3) is 5.91 Å². The molecule has 1 amide bonds. The van der Waals surface area contributed by atoms with E-state index in [1.807, 2.05) is 25.1 Å². The summed E-state index contributed by atoms with van der Waals surface area (Å²) in [4.78, 5) is 17.4. The lowest BCUT2D eigenvalue weighted by atomic mass is 10.2. The van der Waals surface area contributed by atoms with E-state index in [2.05, 4.69) is 20.8 Å². The quantitative estimate of drug-likeness (QED) is 0.432. The van der Waals surface area contributed by atoms with Gasteiger partial charge in [0.1, 0.15) is 4.32 Å². The third kappa shape index (κ3) is 5.07. The molecule has 0 bridgehead atoms. The predicted octanol–water partition coefficient (Wildman–Crippen LogP) is 3.39. The molecule has 2 aliphatic rings. The van der Waals surface area contributed by atoms with Gasteiger partial charge in [-0.1, -0.05) is 24.0 Å². The summed E-state index contributed by atoms with van der Waals surface area (Å²) in [6.07, 6.45) is 1.84. The highest BCUT2D eigenvalue weighted by Crippen LogP contribution is 2.39. The molecule has 0 spiro atoms. The summed E-state index contributed by atoms with van der Waals surface area (Å²) in [7, 11) is 1.60. The van der Waals surface area contributed by atoms with E-state index < -0.39 is 0 Å². The second-order valence-electron chi connectivity index (χ2n) is 6.25. The van der Waals surface area contributed by atoms with E-state index in [0.717, 1.165) is 42.9 Å². The van der Waals surface area contributed by atoms with Crippen LogP contribution in [0.5, 0.6) is 11.5 Å². The van der Waals surface area contributed by atoms with Crippen LogP contribution in [0.15, 0.2) is 21.5 Å². The summed E-state index contributed by atoms with van der Waals surface area (Å²) in [5.41, 5.74) is 0.848. The number of morpholine rings is 1. The van der Waals surface area contributed by atoms with E-state index in [4.69, 9.17) is 26.4 Å². The van der Waals surface area contributed by atoms with Gasteiger partial charge in [-0.15, -0.1) is 0 Å². The number of hydrogen-bond donors (Lipinski definition) is 0. The molecule has 152 valence electrons. The number of carbonyl (C=O) groups excluding carboxylic acids is 1. The Morgan fingerprint density at radius 1 is 1.32 bits per heavy atom. The number of thioether (sulfide) groups is 1. The molecular weight excluding hydrogens is 464 g/mol. The van der Waals surface area contributed by atoms with Gasteiger partial charge < -0.3 is 14.2 Å². The first-order chi connectivity index (χ1) is 13.5. The normalized spacial score (nSPS) is 19.5. The van der Waals surface area contributed by atoms with Crippen LogP contribution >= 0.6 is 39.9 Å². The number of thiocarbonyl (C=S) groups is 1. The first kappa shape index (κ1) is 21.6. The fourth-order valence-electron chi connectivity index (χ4n) is 3.02. The van der Waals surface area contributed by atoms with E-state index >= 15 is 0 Å². The number of halogens is 1. The SMILES string of the molecule is CCOc1c(Br)cc(/C=C2/SC(=S)N(CCN3CCOCC3)C2=O)cc1OC. The Hall–Kier alpha value is -1.13. The lowest BCUT2D eigenvalue weighted by molar-refractivity contribution is -0.122. The molecule has 9 heteroatoms. The Morgan fingerprint density at radius 3 is 2.75 bits per heavy atom. The number of methoxy groups -OCH3 is 1. The second kappa shape index (κ2) is 10.1. The van der Waals surface area contributed by atoms with Gasteiger partial charge in [0, 0.05) is 26.2 Å². The fourth-order valence-corrected chi connectivity index (χ4v) is 4.90. The molecule has 3 rings (SSSR count). The summed E-state index contributed by atoms with van der Waals surface area (Å²) in [5.74, 6) is 1.22. The molecule has 0 aliphatic carbocycles. The molecule has 0 unspecified atom stereocenters. The topological polar surface area (TPSA) is 51.2 Å².